The van der Waals surface area contributed by atoms with Gasteiger partial charge in [0.2, 0.25) is 0 Å². The summed E-state index contributed by atoms with van der Waals surface area (Å²) in [5, 5.41) is 24.6. The molecule has 1 N–H and O–H groups in total. The average molecular weight is 1400 g/mol. The Morgan fingerprint density at radius 1 is 0.494 bits per heavy atom. The Kier molecular flexibility index (Phi) is 18.7. The second kappa shape index (κ2) is 25.7. The molecule has 2 aliphatic heterocycles. The third kappa shape index (κ3) is 14.0. The second-order valence-electron chi connectivity index (χ2n) is 30.6. The Labute approximate surface area is 557 Å². The molecular weight excluding hydrogens is 1300 g/mol. The fraction of sp³-hybridized carbons (Fsp3) is 0.402. The molecule has 2 aromatic heterocycles. The van der Waals surface area contributed by atoms with E-state index in [0.717, 1.165) is 101 Å². The molecule has 89 heavy (non-hydrogen) atoms. The molecule has 0 aliphatic carbocycles. The number of aromatic nitrogens is 2. The number of pyridine rings is 2. The molecule has 1 radical (unpaired) electrons. The van der Waals surface area contributed by atoms with Crippen LogP contribution in [0.5, 0.6) is 0 Å². The second-order valence-corrected chi connectivity index (χ2v) is 32.7. The van der Waals surface area contributed by atoms with Gasteiger partial charge in [-0.05, 0) is 168 Å². The van der Waals surface area contributed by atoms with Crippen LogP contribution in [-0.4, -0.2) is 20.9 Å². The smallest absolute Gasteiger partial charge is 0.164 e. The minimum absolute atomic E-state index is 0. The number of rotatable bonds is 11. The normalized spacial score (nSPS) is 13.8. The molecule has 0 saturated carbocycles. The maximum absolute atomic E-state index is 12.2. The van der Waals surface area contributed by atoms with Gasteiger partial charge < -0.3 is 5.11 Å². The third-order valence-electron chi connectivity index (χ3n) is 18.4. The van der Waals surface area contributed by atoms with Gasteiger partial charge in [-0.25, -0.2) is 0 Å². The molecule has 12 rings (SSSR count). The largest absolute Gasteiger partial charge is 0.512 e. The zero-order valence-electron chi connectivity index (χ0n) is 58.4. The molecule has 4 nitrogen and oxygen atoms in total. The summed E-state index contributed by atoms with van der Waals surface area (Å²) in [7, 11) is 0. The van der Waals surface area contributed by atoms with E-state index in [9.17, 15) is 9.90 Å². The number of allylic oxidation sites excluding steroid dienone is 2. The first-order chi connectivity index (χ1) is 42.2. The van der Waals surface area contributed by atoms with Crippen LogP contribution < -0.4 is 0 Å². The summed E-state index contributed by atoms with van der Waals surface area (Å²) in [5.41, 5.74) is 10.7. The fourth-order valence-corrected chi connectivity index (χ4v) is 15.4. The van der Waals surface area contributed by atoms with Crippen molar-refractivity contribution in [2.45, 2.75) is 202 Å². The van der Waals surface area contributed by atoms with Gasteiger partial charge in [0.15, 0.2) is 5.78 Å². The number of hydrogen-bond donors (Lipinski definition) is 1. The van der Waals surface area contributed by atoms with Gasteiger partial charge >= 0.3 is 0 Å². The van der Waals surface area contributed by atoms with Gasteiger partial charge in [-0.2, -0.15) is 0 Å². The van der Waals surface area contributed by atoms with Crippen molar-refractivity contribution in [1.82, 2.24) is 9.97 Å². The number of aryl methyl sites for hydroxylation is 1. The molecular formula is C82H94IrN2O2S2-2. The summed E-state index contributed by atoms with van der Waals surface area (Å²) >= 11 is 3.75. The number of fused-ring (bicyclic) bond motifs is 10. The van der Waals surface area contributed by atoms with Gasteiger partial charge in [0.1, 0.15) is 5.76 Å². The summed E-state index contributed by atoms with van der Waals surface area (Å²) in [6, 6.07) is 44.8. The van der Waals surface area contributed by atoms with Crippen molar-refractivity contribution in [3.63, 3.8) is 0 Å². The molecule has 7 heteroatoms. The summed E-state index contributed by atoms with van der Waals surface area (Å²) < 4.78 is 17.4. The molecule has 8 aromatic carbocycles. The molecule has 0 bridgehead atoms. The van der Waals surface area contributed by atoms with Crippen LogP contribution >= 0.6 is 23.5 Å². The molecule has 4 heterocycles. The van der Waals surface area contributed by atoms with Crippen LogP contribution in [-0.2, 0) is 50.6 Å². The zero-order chi connectivity index (χ0) is 65.4. The van der Waals surface area contributed by atoms with Gasteiger partial charge in [0.25, 0.3) is 0 Å². The van der Waals surface area contributed by atoms with Crippen molar-refractivity contribution in [2.24, 2.45) is 32.5 Å². The van der Waals surface area contributed by atoms with Crippen molar-refractivity contribution in [1.29, 1.82) is 0 Å². The Balaban J connectivity index is 0.000000172. The van der Waals surface area contributed by atoms with E-state index in [1.807, 2.05) is 77.2 Å². The minimum Gasteiger partial charge on any atom is -0.512 e. The van der Waals surface area contributed by atoms with Gasteiger partial charge in [-0.1, -0.05) is 230 Å². The van der Waals surface area contributed by atoms with E-state index in [-0.39, 0.29) is 64.1 Å². The fourth-order valence-electron chi connectivity index (χ4n) is 12.9. The van der Waals surface area contributed by atoms with Crippen molar-refractivity contribution >= 4 is 93.9 Å². The van der Waals surface area contributed by atoms with Crippen molar-refractivity contribution in [3.8, 4) is 22.5 Å². The van der Waals surface area contributed by atoms with Crippen LogP contribution in [0, 0.1) is 51.5 Å². The summed E-state index contributed by atoms with van der Waals surface area (Å²) in [5.74, 6) is 0.286. The Hall–Kier alpha value is -5.82. The predicted octanol–water partition coefficient (Wildman–Crippen LogP) is 24.3. The minimum atomic E-state index is -0.337. The summed E-state index contributed by atoms with van der Waals surface area (Å²) in [4.78, 5) is 26.9. The molecule has 0 spiro atoms. The van der Waals surface area contributed by atoms with E-state index >= 15 is 0 Å². The molecule has 0 unspecified atom stereocenters. The van der Waals surface area contributed by atoms with Crippen molar-refractivity contribution < 1.29 is 32.7 Å². The van der Waals surface area contributed by atoms with Crippen molar-refractivity contribution in [3.05, 3.63) is 167 Å². The quantitative estimate of drug-likeness (QED) is 0.0603. The Bertz CT molecular complexity index is 4510. The number of nitrogens with zero attached hydrogens (tertiary/aromatic N) is 2. The molecule has 0 amide bonds. The maximum atomic E-state index is 12.2. The first-order valence-corrected chi connectivity index (χ1v) is 33.8. The van der Waals surface area contributed by atoms with Crippen LogP contribution in [0.1, 0.15) is 181 Å². The van der Waals surface area contributed by atoms with Crippen molar-refractivity contribution in [2.75, 3.05) is 0 Å². The summed E-state index contributed by atoms with van der Waals surface area (Å²) in [6.45, 7) is 41.9. The molecule has 0 fully saturated rings. The average Bonchev–Trinajstić information content (AvgIpc) is 0.728. The first-order valence-electron chi connectivity index (χ1n) is 33.1. The summed E-state index contributed by atoms with van der Waals surface area (Å²) in [6.07, 6.45) is 9.34. The van der Waals surface area contributed by atoms with Gasteiger partial charge in [-0.3, -0.25) is 14.8 Å². The Morgan fingerprint density at radius 3 is 1.35 bits per heavy atom. The molecule has 467 valence electrons. The van der Waals surface area contributed by atoms with E-state index in [1.54, 1.807) is 0 Å². The number of aliphatic hydroxyl groups is 1. The number of carbonyl (C=O) groups excluding carboxylic acids is 1. The third-order valence-corrected chi connectivity index (χ3v) is 20.8. The standard InChI is InChI=1S/C34H34NS.C33H32NS.C15H28O2.Ir/c1-20-11-12-23-22(15-20)16-27-31-30-25(13-14-35-31)24-10-8-9-21(18-33(2,3)4)26(24)17-29(30)36-32(27)28(23)19-34(5,6)7;1-32(2,3)18-21-11-9-13-23-24-14-15-34-30-26-16-20-10-7-8-12-22(20)27(19-33(4,5)6)31(26)35-28(29(24)30)17-25(21)23;1-7-14(5,8-2)12(16)11-13(17)15(6,9-3)10-4;/h8-15,17H,18-19H2,1-7H3;7-15,17H,18-19H2,1-6H3;11,16H,7-10H2,1-6H3;/q2*-1;;/b;;12-11-;/i14D;15D;;. The van der Waals surface area contributed by atoms with E-state index < -0.39 is 0 Å². The molecule has 0 atom stereocenters. The number of ketones is 1. The monoisotopic (exact) mass is 1400 g/mol. The van der Waals surface area contributed by atoms with E-state index in [2.05, 4.69) is 193 Å². The van der Waals surface area contributed by atoms with Crippen LogP contribution in [0.4, 0.5) is 0 Å². The first kappa shape index (κ1) is 64.7. The van der Waals surface area contributed by atoms with Crippen LogP contribution in [0.25, 0.3) is 87.1 Å². The van der Waals surface area contributed by atoms with E-state index in [4.69, 9.17) is 12.7 Å². The molecule has 2 aliphatic rings. The topological polar surface area (TPSA) is 63.1 Å². The maximum Gasteiger partial charge on any atom is 0.164 e. The molecule has 10 aromatic rings. The SMILES string of the molecule is CCC(C)(CC)C(=O)/C=C(\O)C(C)(CC)CC.[2H]c1cc2c3c(cc4c(CC(C)(C)C)cccc42)Sc2c([c-]c4cc(C)ccc4c2CC(C)(C)C)-c3n1.[2H]c1cc2c3c(cc4c(CC(C)(C)C)cccc42)Sc2c([c-]c4ccccc4c2CC(C)(C)C)-c3n1.[Ir]. The Morgan fingerprint density at radius 2 is 0.910 bits per heavy atom. The number of hydrogen-bond acceptors (Lipinski definition) is 6. The van der Waals surface area contributed by atoms with Crippen LogP contribution in [0.15, 0.2) is 147 Å². The van der Waals surface area contributed by atoms with Gasteiger partial charge in [0, 0.05) is 70.5 Å². The van der Waals surface area contributed by atoms with E-state index in [1.165, 1.54) is 91.2 Å². The van der Waals surface area contributed by atoms with Crippen LogP contribution in [0.2, 0.25) is 0 Å². The number of aliphatic hydroxyl groups excluding tert-OH is 1. The number of benzene rings is 8. The number of carbonyl (C=O) groups is 1. The zero-order valence-corrected chi connectivity index (χ0v) is 60.5. The molecule has 0 saturated heterocycles. The van der Waals surface area contributed by atoms with E-state index in [0.29, 0.717) is 12.3 Å². The predicted molar refractivity (Wildman–Crippen MR) is 381 cm³/mol. The van der Waals surface area contributed by atoms with Crippen LogP contribution in [0.3, 0.4) is 0 Å². The van der Waals surface area contributed by atoms with Gasteiger partial charge in [0.05, 0.1) is 2.74 Å². The van der Waals surface area contributed by atoms with Gasteiger partial charge in [-0.15, -0.1) is 58.6 Å².